The fourth-order valence-electron chi connectivity index (χ4n) is 6.57. The Bertz CT molecular complexity index is 1510. The first kappa shape index (κ1) is 36.6. The lowest BCUT2D eigenvalue weighted by Crippen LogP contribution is -2.46. The van der Waals surface area contributed by atoms with Crippen LogP contribution in [0.2, 0.25) is 0 Å². The van der Waals surface area contributed by atoms with Crippen LogP contribution in [0, 0.1) is 0 Å². The Morgan fingerprint density at radius 3 is 2.22 bits per heavy atom. The maximum absolute atomic E-state index is 12.9. The van der Waals surface area contributed by atoms with E-state index in [1.54, 1.807) is 0 Å². The van der Waals surface area contributed by atoms with Gasteiger partial charge >= 0.3 is 6.09 Å². The van der Waals surface area contributed by atoms with Gasteiger partial charge in [-0.05, 0) is 95.0 Å². The van der Waals surface area contributed by atoms with E-state index in [-0.39, 0.29) is 6.09 Å². The summed E-state index contributed by atoms with van der Waals surface area (Å²) in [5.41, 5.74) is 3.78. The molecule has 1 aromatic heterocycles. The second-order valence-electron chi connectivity index (χ2n) is 13.6. The molecule has 4 aromatic rings. The maximum Gasteiger partial charge on any atom is 0.412 e. The molecule has 1 aliphatic rings. The number of unbranched alkanes of at least 4 members (excludes halogenated alkanes) is 5. The van der Waals surface area contributed by atoms with E-state index in [1.807, 2.05) is 66.5 Å². The molecule has 0 bridgehead atoms. The fraction of sp³-hybridized carbons (Fsp3) is 0.429. The number of benzene rings is 3. The van der Waals surface area contributed by atoms with E-state index in [2.05, 4.69) is 88.7 Å². The number of rotatable bonds is 18. The highest BCUT2D eigenvalue weighted by atomic mass is 32.2. The molecule has 260 valence electrons. The molecule has 0 radical (unpaired) electrons. The molecule has 1 fully saturated rings. The highest BCUT2D eigenvalue weighted by Gasteiger charge is 2.33. The van der Waals surface area contributed by atoms with Crippen molar-refractivity contribution in [3.63, 3.8) is 0 Å². The Morgan fingerprint density at radius 1 is 0.837 bits per heavy atom. The third-order valence-corrected chi connectivity index (χ3v) is 10.9. The summed E-state index contributed by atoms with van der Waals surface area (Å²) in [4.78, 5) is 22.5. The first-order chi connectivity index (χ1) is 24.0. The molecule has 5 rings (SSSR count). The van der Waals surface area contributed by atoms with Crippen LogP contribution in [0.25, 0.3) is 11.1 Å². The lowest BCUT2D eigenvalue weighted by Gasteiger charge is -2.38. The van der Waals surface area contributed by atoms with E-state index >= 15 is 0 Å². The summed E-state index contributed by atoms with van der Waals surface area (Å²) in [6, 6.07) is 35.0. The van der Waals surface area contributed by atoms with Crippen LogP contribution in [-0.4, -0.2) is 66.2 Å². The molecule has 0 spiro atoms. The SMILES string of the molecule is CN(CCCCCCCCN1CCC(C)(OC(=O)Nc2ccccc2-c2ccccc2)CC1)CCC(Sc1ccccn1)c1ccccc1. The number of pyridine rings is 1. The van der Waals surface area contributed by atoms with Gasteiger partial charge in [0.25, 0.3) is 0 Å². The van der Waals surface area contributed by atoms with E-state index in [0.29, 0.717) is 5.25 Å². The summed E-state index contributed by atoms with van der Waals surface area (Å²) in [5.74, 6) is 0. The number of amides is 1. The number of anilines is 1. The molecule has 1 N–H and O–H groups in total. The summed E-state index contributed by atoms with van der Waals surface area (Å²) in [6.07, 6.45) is 12.0. The normalized spacial score (nSPS) is 15.2. The van der Waals surface area contributed by atoms with Crippen molar-refractivity contribution in [3.8, 4) is 11.1 Å². The van der Waals surface area contributed by atoms with Gasteiger partial charge in [0, 0.05) is 30.1 Å². The van der Waals surface area contributed by atoms with Crippen LogP contribution in [0.5, 0.6) is 0 Å². The molecule has 3 aromatic carbocycles. The molecule has 1 unspecified atom stereocenters. The molecule has 1 amide bonds. The van der Waals surface area contributed by atoms with Gasteiger partial charge in [0.2, 0.25) is 0 Å². The van der Waals surface area contributed by atoms with Crippen LogP contribution in [0.1, 0.15) is 75.5 Å². The van der Waals surface area contributed by atoms with Gasteiger partial charge in [-0.3, -0.25) is 5.32 Å². The number of carbonyl (C=O) groups is 1. The summed E-state index contributed by atoms with van der Waals surface area (Å²) in [7, 11) is 2.26. The molecular weight excluding hydrogens is 625 g/mol. The number of aromatic nitrogens is 1. The van der Waals surface area contributed by atoms with Gasteiger partial charge in [-0.25, -0.2) is 9.78 Å². The smallest absolute Gasteiger partial charge is 0.412 e. The number of nitrogens with one attached hydrogen (secondary N) is 1. The third-order valence-electron chi connectivity index (χ3n) is 9.61. The maximum atomic E-state index is 12.9. The first-order valence-electron chi connectivity index (χ1n) is 18.2. The second-order valence-corrected chi connectivity index (χ2v) is 14.8. The third kappa shape index (κ3) is 12.3. The highest BCUT2D eigenvalue weighted by Crippen LogP contribution is 2.37. The Kier molecular flexibility index (Phi) is 14.6. The van der Waals surface area contributed by atoms with Crippen molar-refractivity contribution in [2.24, 2.45) is 0 Å². The van der Waals surface area contributed by atoms with Crippen molar-refractivity contribution in [1.82, 2.24) is 14.8 Å². The molecule has 6 nitrogen and oxygen atoms in total. The quantitative estimate of drug-likeness (QED) is 0.0835. The number of piperidine rings is 1. The van der Waals surface area contributed by atoms with Crippen LogP contribution >= 0.6 is 11.8 Å². The number of para-hydroxylation sites is 1. The second kappa shape index (κ2) is 19.5. The Balaban J connectivity index is 0.912. The van der Waals surface area contributed by atoms with Gasteiger partial charge in [-0.1, -0.05) is 122 Å². The van der Waals surface area contributed by atoms with Crippen LogP contribution in [0.15, 0.2) is 114 Å². The molecule has 2 heterocycles. The van der Waals surface area contributed by atoms with Crippen molar-refractivity contribution in [2.45, 2.75) is 80.6 Å². The zero-order valence-electron chi connectivity index (χ0n) is 29.4. The van der Waals surface area contributed by atoms with Gasteiger partial charge < -0.3 is 14.5 Å². The summed E-state index contributed by atoms with van der Waals surface area (Å²) in [6.45, 7) is 7.40. The monoisotopic (exact) mass is 678 g/mol. The van der Waals surface area contributed by atoms with Gasteiger partial charge in [0.05, 0.1) is 10.7 Å². The van der Waals surface area contributed by atoms with Crippen LogP contribution in [-0.2, 0) is 4.74 Å². The molecule has 1 atom stereocenters. The van der Waals surface area contributed by atoms with Crippen molar-refractivity contribution >= 4 is 23.5 Å². The van der Waals surface area contributed by atoms with Crippen molar-refractivity contribution < 1.29 is 9.53 Å². The number of likely N-dealkylation sites (tertiary alicyclic amines) is 1. The Labute approximate surface area is 298 Å². The topological polar surface area (TPSA) is 57.7 Å². The predicted octanol–water partition coefficient (Wildman–Crippen LogP) is 10.3. The van der Waals surface area contributed by atoms with Crippen molar-refractivity contribution in [3.05, 3.63) is 115 Å². The average Bonchev–Trinajstić information content (AvgIpc) is 3.13. The van der Waals surface area contributed by atoms with Crippen LogP contribution in [0.4, 0.5) is 10.5 Å². The largest absolute Gasteiger partial charge is 0.443 e. The highest BCUT2D eigenvalue weighted by molar-refractivity contribution is 7.99. The van der Waals surface area contributed by atoms with Gasteiger partial charge in [-0.2, -0.15) is 0 Å². The Hall–Kier alpha value is -3.65. The molecule has 0 saturated carbocycles. The minimum absolute atomic E-state index is 0.374. The molecule has 1 saturated heterocycles. The summed E-state index contributed by atoms with van der Waals surface area (Å²) >= 11 is 1.87. The number of carbonyl (C=O) groups excluding carboxylic acids is 1. The number of hydrogen-bond donors (Lipinski definition) is 1. The average molecular weight is 679 g/mol. The van der Waals surface area contributed by atoms with E-state index in [1.165, 1.54) is 44.1 Å². The zero-order chi connectivity index (χ0) is 34.2. The van der Waals surface area contributed by atoms with E-state index in [4.69, 9.17) is 4.74 Å². The number of hydrogen-bond acceptors (Lipinski definition) is 6. The van der Waals surface area contributed by atoms with E-state index in [9.17, 15) is 4.79 Å². The van der Waals surface area contributed by atoms with Crippen molar-refractivity contribution in [2.75, 3.05) is 45.1 Å². The molecule has 49 heavy (non-hydrogen) atoms. The van der Waals surface area contributed by atoms with E-state index in [0.717, 1.165) is 73.8 Å². The zero-order valence-corrected chi connectivity index (χ0v) is 30.3. The molecule has 0 aliphatic carbocycles. The van der Waals surface area contributed by atoms with Crippen molar-refractivity contribution in [1.29, 1.82) is 0 Å². The summed E-state index contributed by atoms with van der Waals surface area (Å²) < 4.78 is 6.01. The Morgan fingerprint density at radius 2 is 1.49 bits per heavy atom. The van der Waals surface area contributed by atoms with Gasteiger partial charge in [-0.15, -0.1) is 0 Å². The molecule has 1 aliphatic heterocycles. The number of ether oxygens (including phenoxy) is 1. The van der Waals surface area contributed by atoms with Gasteiger partial charge in [0.15, 0.2) is 0 Å². The summed E-state index contributed by atoms with van der Waals surface area (Å²) in [5, 5.41) is 4.51. The van der Waals surface area contributed by atoms with E-state index < -0.39 is 5.60 Å². The lowest BCUT2D eigenvalue weighted by atomic mass is 9.93. The minimum Gasteiger partial charge on any atom is -0.443 e. The molecule has 7 heteroatoms. The molecular formula is C42H54N4O2S. The number of thioether (sulfide) groups is 1. The van der Waals surface area contributed by atoms with Gasteiger partial charge in [0.1, 0.15) is 5.60 Å². The standard InChI is InChI=1S/C42H54N4O2S/c1-42(48-41(47)44-38-24-14-13-23-37(38)35-19-9-7-10-20-35)27-33-46(34-28-42)31-18-6-4-3-5-17-30-45(2)32-26-39(36-21-11-8-12-22-36)49-40-25-15-16-29-43-40/h7-16,19-25,29,39H,3-6,17-18,26-28,30-34H2,1-2H3,(H,44,47). The predicted molar refractivity (Wildman–Crippen MR) is 205 cm³/mol. The lowest BCUT2D eigenvalue weighted by molar-refractivity contribution is -0.0163. The first-order valence-corrected chi connectivity index (χ1v) is 19.0. The van der Waals surface area contributed by atoms with Crippen LogP contribution in [0.3, 0.4) is 0 Å². The van der Waals surface area contributed by atoms with Crippen LogP contribution < -0.4 is 5.32 Å². The fourth-order valence-corrected chi connectivity index (χ4v) is 7.66. The minimum atomic E-state index is -0.435. The number of nitrogens with zero attached hydrogens (tertiary/aromatic N) is 3.